The third kappa shape index (κ3) is 3.62. The van der Waals surface area contributed by atoms with Crippen LogP contribution in [0.1, 0.15) is 21.5 Å². The summed E-state index contributed by atoms with van der Waals surface area (Å²) in [6.07, 6.45) is 0. The molecule has 0 atom stereocenters. The lowest BCUT2D eigenvalue weighted by Gasteiger charge is -2.12. The highest BCUT2D eigenvalue weighted by Gasteiger charge is 2.11. The average molecular weight is 418 g/mol. The summed E-state index contributed by atoms with van der Waals surface area (Å²) in [5.74, 6) is -0.179. The zero-order valence-electron chi connectivity index (χ0n) is 10.9. The second kappa shape index (κ2) is 6.29. The molecule has 0 saturated carbocycles. The molecule has 20 heavy (non-hydrogen) atoms. The lowest BCUT2D eigenvalue weighted by molar-refractivity contribution is 0.102. The SMILES string of the molecule is Cc1cc(Br)cc(C)c1NC(=O)c1cc(Cl)cc(Br)c1. The van der Waals surface area contributed by atoms with E-state index in [-0.39, 0.29) is 5.91 Å². The molecule has 0 unspecified atom stereocenters. The molecule has 0 aliphatic heterocycles. The van der Waals surface area contributed by atoms with Crippen LogP contribution in [-0.4, -0.2) is 5.91 Å². The maximum absolute atomic E-state index is 12.3. The molecule has 0 radical (unpaired) electrons. The molecule has 0 aromatic heterocycles. The molecule has 2 nitrogen and oxygen atoms in total. The minimum atomic E-state index is -0.179. The Labute approximate surface area is 139 Å². The van der Waals surface area contributed by atoms with Crippen LogP contribution in [0, 0.1) is 13.8 Å². The highest BCUT2D eigenvalue weighted by Crippen LogP contribution is 2.26. The molecule has 2 aromatic carbocycles. The van der Waals surface area contributed by atoms with Crippen molar-refractivity contribution in [1.82, 2.24) is 0 Å². The fraction of sp³-hybridized carbons (Fsp3) is 0.133. The highest BCUT2D eigenvalue weighted by atomic mass is 79.9. The molecule has 0 spiro atoms. The second-order valence-corrected chi connectivity index (χ2v) is 6.79. The summed E-state index contributed by atoms with van der Waals surface area (Å²) in [5, 5.41) is 3.46. The zero-order chi connectivity index (χ0) is 14.9. The van der Waals surface area contributed by atoms with Gasteiger partial charge in [0.15, 0.2) is 0 Å². The van der Waals surface area contributed by atoms with Gasteiger partial charge >= 0.3 is 0 Å². The Kier molecular flexibility index (Phi) is 4.89. The average Bonchev–Trinajstić information content (AvgIpc) is 2.32. The van der Waals surface area contributed by atoms with Crippen molar-refractivity contribution in [3.63, 3.8) is 0 Å². The number of rotatable bonds is 2. The van der Waals surface area contributed by atoms with E-state index in [2.05, 4.69) is 37.2 Å². The molecule has 0 fully saturated rings. The van der Waals surface area contributed by atoms with E-state index in [0.717, 1.165) is 25.8 Å². The first-order chi connectivity index (χ1) is 9.36. The number of carbonyl (C=O) groups is 1. The molecule has 0 bridgehead atoms. The van der Waals surface area contributed by atoms with E-state index in [1.807, 2.05) is 26.0 Å². The summed E-state index contributed by atoms with van der Waals surface area (Å²) in [5.41, 5.74) is 3.36. The summed E-state index contributed by atoms with van der Waals surface area (Å²) < 4.78 is 1.77. The van der Waals surface area contributed by atoms with Crippen LogP contribution < -0.4 is 5.32 Å². The number of aryl methyl sites for hydroxylation is 2. The summed E-state index contributed by atoms with van der Waals surface area (Å²) in [4.78, 5) is 12.3. The molecule has 0 heterocycles. The van der Waals surface area contributed by atoms with Gasteiger partial charge in [-0.25, -0.2) is 0 Å². The topological polar surface area (TPSA) is 29.1 Å². The van der Waals surface area contributed by atoms with E-state index in [4.69, 9.17) is 11.6 Å². The Bertz CT molecular complexity index is 642. The smallest absolute Gasteiger partial charge is 0.255 e. The molecular weight excluding hydrogens is 405 g/mol. The number of hydrogen-bond donors (Lipinski definition) is 1. The molecule has 2 rings (SSSR count). The van der Waals surface area contributed by atoms with Crippen molar-refractivity contribution in [1.29, 1.82) is 0 Å². The van der Waals surface area contributed by atoms with E-state index in [9.17, 15) is 4.79 Å². The van der Waals surface area contributed by atoms with Gasteiger partial charge in [0, 0.05) is 25.2 Å². The summed E-state index contributed by atoms with van der Waals surface area (Å²) >= 11 is 12.7. The maximum atomic E-state index is 12.3. The normalized spacial score (nSPS) is 10.4. The zero-order valence-corrected chi connectivity index (χ0v) is 14.9. The fourth-order valence-electron chi connectivity index (χ4n) is 1.98. The summed E-state index contributed by atoms with van der Waals surface area (Å²) in [6, 6.07) is 9.07. The van der Waals surface area contributed by atoms with Crippen molar-refractivity contribution in [3.05, 3.63) is 61.0 Å². The van der Waals surface area contributed by atoms with Crippen molar-refractivity contribution in [3.8, 4) is 0 Å². The van der Waals surface area contributed by atoms with Crippen molar-refractivity contribution in [2.24, 2.45) is 0 Å². The van der Waals surface area contributed by atoms with Crippen LogP contribution in [0.25, 0.3) is 0 Å². The Hall–Kier alpha value is -0.840. The first-order valence-corrected chi connectivity index (χ1v) is 7.87. The van der Waals surface area contributed by atoms with E-state index in [1.165, 1.54) is 0 Å². The number of carbonyl (C=O) groups excluding carboxylic acids is 1. The fourth-order valence-corrected chi connectivity index (χ4v) is 3.53. The van der Waals surface area contributed by atoms with Crippen molar-refractivity contribution < 1.29 is 4.79 Å². The molecule has 0 aliphatic carbocycles. The van der Waals surface area contributed by atoms with Crippen LogP contribution in [0.2, 0.25) is 5.02 Å². The van der Waals surface area contributed by atoms with Gasteiger partial charge in [-0.2, -0.15) is 0 Å². The van der Waals surface area contributed by atoms with Gasteiger partial charge in [-0.05, 0) is 55.3 Å². The maximum Gasteiger partial charge on any atom is 0.255 e. The van der Waals surface area contributed by atoms with Crippen LogP contribution >= 0.6 is 43.5 Å². The molecular formula is C15H12Br2ClNO. The van der Waals surface area contributed by atoms with E-state index < -0.39 is 0 Å². The van der Waals surface area contributed by atoms with Crippen LogP contribution in [0.4, 0.5) is 5.69 Å². The van der Waals surface area contributed by atoms with Crippen molar-refractivity contribution in [2.75, 3.05) is 5.32 Å². The molecule has 0 aliphatic rings. The Morgan fingerprint density at radius 3 is 2.10 bits per heavy atom. The van der Waals surface area contributed by atoms with Gasteiger partial charge in [-0.1, -0.05) is 43.5 Å². The van der Waals surface area contributed by atoms with E-state index in [0.29, 0.717) is 10.6 Å². The number of hydrogen-bond acceptors (Lipinski definition) is 1. The van der Waals surface area contributed by atoms with Crippen molar-refractivity contribution >= 4 is 55.1 Å². The predicted octanol–water partition coefficient (Wildman–Crippen LogP) is 5.73. The number of nitrogens with one attached hydrogen (secondary N) is 1. The number of amides is 1. The first-order valence-electron chi connectivity index (χ1n) is 5.91. The lowest BCUT2D eigenvalue weighted by Crippen LogP contribution is -2.13. The Balaban J connectivity index is 2.32. The first kappa shape index (κ1) is 15.5. The minimum Gasteiger partial charge on any atom is -0.322 e. The molecule has 5 heteroatoms. The van der Waals surface area contributed by atoms with Crippen LogP contribution in [0.5, 0.6) is 0 Å². The van der Waals surface area contributed by atoms with E-state index in [1.54, 1.807) is 18.2 Å². The third-order valence-corrected chi connectivity index (χ3v) is 3.99. The summed E-state index contributed by atoms with van der Waals surface area (Å²) in [6.45, 7) is 3.92. The van der Waals surface area contributed by atoms with Gasteiger partial charge in [-0.3, -0.25) is 4.79 Å². The number of halogens is 3. The largest absolute Gasteiger partial charge is 0.322 e. The third-order valence-electron chi connectivity index (χ3n) is 2.86. The standard InChI is InChI=1S/C15H12Br2ClNO/c1-8-3-11(16)4-9(2)14(8)19-15(20)10-5-12(17)7-13(18)6-10/h3-7H,1-2H3,(H,19,20). The molecule has 0 saturated heterocycles. The number of anilines is 1. The molecule has 1 amide bonds. The summed E-state index contributed by atoms with van der Waals surface area (Å²) in [7, 11) is 0. The second-order valence-electron chi connectivity index (χ2n) is 4.53. The lowest BCUT2D eigenvalue weighted by atomic mass is 10.1. The molecule has 1 N–H and O–H groups in total. The molecule has 2 aromatic rings. The highest BCUT2D eigenvalue weighted by molar-refractivity contribution is 9.10. The quantitative estimate of drug-likeness (QED) is 0.664. The van der Waals surface area contributed by atoms with Gasteiger partial charge in [0.1, 0.15) is 0 Å². The van der Waals surface area contributed by atoms with Crippen LogP contribution in [0.3, 0.4) is 0 Å². The van der Waals surface area contributed by atoms with Gasteiger partial charge in [0.05, 0.1) is 0 Å². The number of benzene rings is 2. The van der Waals surface area contributed by atoms with Crippen LogP contribution in [0.15, 0.2) is 39.3 Å². The Morgan fingerprint density at radius 1 is 1.00 bits per heavy atom. The monoisotopic (exact) mass is 415 g/mol. The van der Waals surface area contributed by atoms with Crippen LogP contribution in [-0.2, 0) is 0 Å². The predicted molar refractivity (Wildman–Crippen MR) is 90.7 cm³/mol. The molecule has 104 valence electrons. The van der Waals surface area contributed by atoms with Crippen molar-refractivity contribution in [2.45, 2.75) is 13.8 Å². The minimum absolute atomic E-state index is 0.179. The van der Waals surface area contributed by atoms with Gasteiger partial charge in [0.25, 0.3) is 5.91 Å². The van der Waals surface area contributed by atoms with Gasteiger partial charge in [-0.15, -0.1) is 0 Å². The Morgan fingerprint density at radius 2 is 1.55 bits per heavy atom. The van der Waals surface area contributed by atoms with E-state index >= 15 is 0 Å². The van der Waals surface area contributed by atoms with Gasteiger partial charge < -0.3 is 5.32 Å². The van der Waals surface area contributed by atoms with Gasteiger partial charge in [0.2, 0.25) is 0 Å².